The molecule has 4 heteroatoms. The van der Waals surface area contributed by atoms with Crippen LogP contribution < -0.4 is 19.6 Å². The molecule has 0 fully saturated rings. The van der Waals surface area contributed by atoms with E-state index < -0.39 is 0 Å². The Bertz CT molecular complexity index is 1950. The molecule has 0 bridgehead atoms. The van der Waals surface area contributed by atoms with Gasteiger partial charge in [0.1, 0.15) is 0 Å². The Kier molecular flexibility index (Phi) is 9.31. The van der Waals surface area contributed by atoms with Crippen molar-refractivity contribution < 1.29 is 0 Å². The lowest BCUT2D eigenvalue weighted by Crippen LogP contribution is -2.33. The predicted molar refractivity (Wildman–Crippen MR) is 231 cm³/mol. The molecule has 2 heterocycles. The minimum atomic E-state index is 0.441. The maximum Gasteiger partial charge on any atom is 0.166 e. The van der Waals surface area contributed by atoms with Crippen LogP contribution in [0.5, 0.6) is 0 Å². The first-order chi connectivity index (χ1) is 26.1. The van der Waals surface area contributed by atoms with Crippen LogP contribution in [0.3, 0.4) is 0 Å². The van der Waals surface area contributed by atoms with Gasteiger partial charge in [0, 0.05) is 22.7 Å². The van der Waals surface area contributed by atoms with E-state index in [0.29, 0.717) is 23.7 Å². The van der Waals surface area contributed by atoms with Crippen molar-refractivity contribution in [3.8, 4) is 0 Å². The molecule has 4 nitrogen and oxygen atoms in total. The van der Waals surface area contributed by atoms with E-state index in [1.165, 1.54) is 22.3 Å². The Labute approximate surface area is 322 Å². The lowest BCUT2D eigenvalue weighted by Gasteiger charge is -2.34. The molecule has 8 rings (SSSR count). The zero-order valence-corrected chi connectivity index (χ0v) is 33.0. The third-order valence-corrected chi connectivity index (χ3v) is 11.0. The van der Waals surface area contributed by atoms with Crippen LogP contribution in [0.4, 0.5) is 45.5 Å². The fraction of sp³-hybridized carbons (Fsp3) is 0.240. The first-order valence-electron chi connectivity index (χ1n) is 19.6. The van der Waals surface area contributed by atoms with Gasteiger partial charge in [0.05, 0.1) is 22.7 Å². The molecular weight excluding hydrogens is 657 g/mol. The van der Waals surface area contributed by atoms with Gasteiger partial charge in [-0.2, -0.15) is 0 Å². The zero-order valence-electron chi connectivity index (χ0n) is 33.0. The van der Waals surface area contributed by atoms with E-state index in [9.17, 15) is 0 Å². The van der Waals surface area contributed by atoms with E-state index in [0.717, 1.165) is 57.1 Å². The van der Waals surface area contributed by atoms with Crippen LogP contribution in [-0.2, 0) is 0 Å². The van der Waals surface area contributed by atoms with Gasteiger partial charge in [0.15, 0.2) is 11.6 Å². The Morgan fingerprint density at radius 3 is 0.611 bits per heavy atom. The first kappa shape index (κ1) is 35.3. The normalized spacial score (nSPS) is 14.0. The fourth-order valence-electron chi connectivity index (χ4n) is 7.82. The van der Waals surface area contributed by atoms with E-state index in [4.69, 9.17) is 0 Å². The number of fused-ring (bicyclic) bond motifs is 2. The van der Waals surface area contributed by atoms with Gasteiger partial charge >= 0.3 is 0 Å². The highest BCUT2D eigenvalue weighted by Gasteiger charge is 2.44. The second-order valence-electron chi connectivity index (χ2n) is 16.0. The predicted octanol–water partition coefficient (Wildman–Crippen LogP) is 14.6. The number of hydrogen-bond acceptors (Lipinski definition) is 4. The average molecular weight is 709 g/mol. The van der Waals surface area contributed by atoms with Crippen LogP contribution in [0.25, 0.3) is 0 Å². The zero-order chi connectivity index (χ0) is 37.7. The molecule has 0 N–H and O–H groups in total. The van der Waals surface area contributed by atoms with Crippen molar-refractivity contribution in [1.82, 2.24) is 0 Å². The summed E-state index contributed by atoms with van der Waals surface area (Å²) in [6, 6.07) is 54.4. The largest absolute Gasteiger partial charge is 0.291 e. The summed E-state index contributed by atoms with van der Waals surface area (Å²) in [5.74, 6) is 3.91. The van der Waals surface area contributed by atoms with E-state index in [1.807, 2.05) is 0 Å². The first-order valence-corrected chi connectivity index (χ1v) is 19.6. The lowest BCUT2D eigenvalue weighted by atomic mass is 10.0. The summed E-state index contributed by atoms with van der Waals surface area (Å²) in [5.41, 5.74) is 14.4. The van der Waals surface area contributed by atoms with Gasteiger partial charge in [0.25, 0.3) is 0 Å². The third kappa shape index (κ3) is 6.14. The van der Waals surface area contributed by atoms with E-state index in [-0.39, 0.29) is 0 Å². The molecule has 0 saturated heterocycles. The monoisotopic (exact) mass is 708 g/mol. The van der Waals surface area contributed by atoms with Gasteiger partial charge < -0.3 is 0 Å². The molecule has 0 saturated carbocycles. The SMILES string of the molecule is CC(C)c1ccc(N2C(=C3N(c4ccc(C(C)C)cc4)c4ccccc4N3c3ccc(C(C)C)cc3)N(c3ccc(C(C)C)cc3)c3ccccc32)cc1. The standard InChI is InChI=1S/C50H52N4/c1-33(2)37-17-25-41(26-18-37)51-45-13-9-10-14-46(45)52(42-27-19-38(20-28-42)34(3)4)49(51)50-53(43-29-21-39(22-30-43)35(5)6)47-15-11-12-16-48(47)54(50)44-31-23-40(24-32-44)36(7)8/h9-36H,1-8H3. The molecule has 0 spiro atoms. The number of rotatable bonds is 8. The van der Waals surface area contributed by atoms with E-state index >= 15 is 0 Å². The van der Waals surface area contributed by atoms with E-state index in [1.54, 1.807) is 0 Å². The minimum Gasteiger partial charge on any atom is -0.291 e. The van der Waals surface area contributed by atoms with Gasteiger partial charge in [-0.1, -0.05) is 128 Å². The van der Waals surface area contributed by atoms with Gasteiger partial charge in [-0.3, -0.25) is 19.6 Å². The molecule has 2 aliphatic rings. The number of anilines is 8. The van der Waals surface area contributed by atoms with Crippen LogP contribution in [0.1, 0.15) is 101 Å². The summed E-state index contributed by atoms with van der Waals surface area (Å²) in [7, 11) is 0. The highest BCUT2D eigenvalue weighted by molar-refractivity contribution is 6.00. The third-order valence-electron chi connectivity index (χ3n) is 11.0. The average Bonchev–Trinajstić information content (AvgIpc) is 3.71. The fourth-order valence-corrected chi connectivity index (χ4v) is 7.82. The molecule has 0 amide bonds. The van der Waals surface area contributed by atoms with Crippen molar-refractivity contribution in [3.05, 3.63) is 179 Å². The minimum absolute atomic E-state index is 0.441. The van der Waals surface area contributed by atoms with Gasteiger partial charge in [0.2, 0.25) is 0 Å². The molecule has 2 aliphatic heterocycles. The second-order valence-corrected chi connectivity index (χ2v) is 16.0. The number of para-hydroxylation sites is 4. The highest BCUT2D eigenvalue weighted by Crippen LogP contribution is 2.57. The van der Waals surface area contributed by atoms with Crippen molar-refractivity contribution in [2.24, 2.45) is 0 Å². The van der Waals surface area contributed by atoms with Gasteiger partial charge in [-0.25, -0.2) is 0 Å². The summed E-state index contributed by atoms with van der Waals surface area (Å²) in [4.78, 5) is 9.90. The maximum atomic E-state index is 2.47. The quantitative estimate of drug-likeness (QED) is 0.156. The number of nitrogens with zero attached hydrogens (tertiary/aromatic N) is 4. The van der Waals surface area contributed by atoms with Crippen molar-refractivity contribution >= 4 is 45.5 Å². The Hall–Kier alpha value is -5.74. The molecule has 0 radical (unpaired) electrons. The lowest BCUT2D eigenvalue weighted by molar-refractivity contribution is 0.865. The van der Waals surface area contributed by atoms with Crippen LogP contribution in [0.2, 0.25) is 0 Å². The summed E-state index contributed by atoms with van der Waals surface area (Å²) < 4.78 is 0. The second kappa shape index (κ2) is 14.2. The van der Waals surface area contributed by atoms with Crippen molar-refractivity contribution in [1.29, 1.82) is 0 Å². The molecule has 0 unspecified atom stereocenters. The van der Waals surface area contributed by atoms with E-state index in [2.05, 4.69) is 221 Å². The summed E-state index contributed by atoms with van der Waals surface area (Å²) in [5, 5.41) is 0. The molecule has 0 atom stereocenters. The molecule has 6 aromatic carbocycles. The Morgan fingerprint density at radius 1 is 0.259 bits per heavy atom. The number of benzene rings is 6. The molecule has 54 heavy (non-hydrogen) atoms. The molecule has 0 aliphatic carbocycles. The van der Waals surface area contributed by atoms with Gasteiger partial charge in [-0.05, 0) is 119 Å². The van der Waals surface area contributed by atoms with Crippen molar-refractivity contribution in [3.63, 3.8) is 0 Å². The maximum absolute atomic E-state index is 2.47. The topological polar surface area (TPSA) is 13.0 Å². The summed E-state index contributed by atoms with van der Waals surface area (Å²) >= 11 is 0. The van der Waals surface area contributed by atoms with Crippen LogP contribution in [0, 0.1) is 0 Å². The highest BCUT2D eigenvalue weighted by atomic mass is 15.5. The van der Waals surface area contributed by atoms with Crippen molar-refractivity contribution in [2.75, 3.05) is 19.6 Å². The van der Waals surface area contributed by atoms with Crippen LogP contribution in [-0.4, -0.2) is 0 Å². The summed E-state index contributed by atoms with van der Waals surface area (Å²) in [6.45, 7) is 18.1. The van der Waals surface area contributed by atoms with Gasteiger partial charge in [-0.15, -0.1) is 0 Å². The van der Waals surface area contributed by atoms with Crippen LogP contribution >= 0.6 is 0 Å². The number of hydrogen-bond donors (Lipinski definition) is 0. The van der Waals surface area contributed by atoms with Crippen molar-refractivity contribution in [2.45, 2.75) is 79.1 Å². The molecular formula is C50H52N4. The summed E-state index contributed by atoms with van der Waals surface area (Å²) in [6.07, 6.45) is 0. The molecule has 272 valence electrons. The molecule has 0 aromatic heterocycles. The molecule has 6 aromatic rings. The Morgan fingerprint density at radius 2 is 0.444 bits per heavy atom. The Balaban J connectivity index is 1.48. The smallest absolute Gasteiger partial charge is 0.166 e. The van der Waals surface area contributed by atoms with Crippen LogP contribution in [0.15, 0.2) is 157 Å².